The molecular weight excluding hydrogens is 336 g/mol. The van der Waals surface area contributed by atoms with Gasteiger partial charge in [-0.3, -0.25) is 4.79 Å². The minimum Gasteiger partial charge on any atom is -0.334 e. The summed E-state index contributed by atoms with van der Waals surface area (Å²) in [6, 6.07) is 12.7. The molecule has 1 aliphatic heterocycles. The Labute approximate surface area is 148 Å². The van der Waals surface area contributed by atoms with Gasteiger partial charge in [-0.2, -0.15) is 0 Å². The molecule has 0 radical (unpaired) electrons. The van der Waals surface area contributed by atoms with Gasteiger partial charge in [0, 0.05) is 32.7 Å². The van der Waals surface area contributed by atoms with Gasteiger partial charge in [0.25, 0.3) is 5.91 Å². The van der Waals surface area contributed by atoms with E-state index in [9.17, 15) is 13.2 Å². The molecule has 2 aromatic rings. The number of rotatable bonds is 3. The quantitative estimate of drug-likeness (QED) is 0.847. The fourth-order valence-corrected chi connectivity index (χ4v) is 3.99. The zero-order valence-corrected chi connectivity index (χ0v) is 15.5. The molecule has 0 fully saturated rings. The predicted molar refractivity (Wildman–Crippen MR) is 96.9 cm³/mol. The van der Waals surface area contributed by atoms with Crippen molar-refractivity contribution in [3.63, 3.8) is 0 Å². The van der Waals surface area contributed by atoms with Crippen LogP contribution in [0, 0.1) is 6.92 Å². The fraction of sp³-hybridized carbons (Fsp3) is 0.316. The lowest BCUT2D eigenvalue weighted by Gasteiger charge is -2.29. The molecular formula is C19H22N2O3S. The molecule has 0 saturated heterocycles. The Morgan fingerprint density at radius 3 is 2.52 bits per heavy atom. The van der Waals surface area contributed by atoms with E-state index in [1.165, 1.54) is 18.4 Å². The van der Waals surface area contributed by atoms with Crippen molar-refractivity contribution >= 4 is 15.9 Å². The topological polar surface area (TPSA) is 57.7 Å². The smallest absolute Gasteiger partial charge is 0.254 e. The van der Waals surface area contributed by atoms with Crippen molar-refractivity contribution in [1.82, 2.24) is 9.21 Å². The summed E-state index contributed by atoms with van der Waals surface area (Å²) in [7, 11) is -0.444. The number of hydrogen-bond acceptors (Lipinski definition) is 3. The number of amides is 1. The lowest BCUT2D eigenvalue weighted by atomic mass is 9.99. The van der Waals surface area contributed by atoms with E-state index in [0.29, 0.717) is 18.7 Å². The number of fused-ring (bicyclic) bond motifs is 1. The normalized spacial score (nSPS) is 14.5. The van der Waals surface area contributed by atoms with Gasteiger partial charge in [0.15, 0.2) is 0 Å². The molecule has 0 aromatic heterocycles. The van der Waals surface area contributed by atoms with E-state index < -0.39 is 10.0 Å². The Morgan fingerprint density at radius 1 is 1.08 bits per heavy atom. The van der Waals surface area contributed by atoms with Crippen LogP contribution in [0.5, 0.6) is 0 Å². The van der Waals surface area contributed by atoms with Gasteiger partial charge in [-0.05, 0) is 48.7 Å². The number of nitrogens with zero attached hydrogens (tertiary/aromatic N) is 2. The Kier molecular flexibility index (Phi) is 4.67. The fourth-order valence-electron chi connectivity index (χ4n) is 3.04. The highest BCUT2D eigenvalue weighted by molar-refractivity contribution is 7.89. The first-order valence-corrected chi connectivity index (χ1v) is 9.63. The summed E-state index contributed by atoms with van der Waals surface area (Å²) in [6.45, 7) is 3.03. The Balaban J connectivity index is 1.89. The molecule has 1 heterocycles. The number of carbonyl (C=O) groups is 1. The number of hydrogen-bond donors (Lipinski definition) is 0. The van der Waals surface area contributed by atoms with Crippen LogP contribution >= 0.6 is 0 Å². The SMILES string of the molecule is Cc1cccc(C(=O)N2CCc3ccc(S(=O)(=O)N(C)C)cc3C2)c1. The van der Waals surface area contributed by atoms with Gasteiger partial charge in [-0.1, -0.05) is 23.8 Å². The second-order valence-electron chi connectivity index (χ2n) is 6.56. The van der Waals surface area contributed by atoms with Crippen molar-refractivity contribution < 1.29 is 13.2 Å². The molecule has 0 spiro atoms. The number of aryl methyl sites for hydroxylation is 1. The summed E-state index contributed by atoms with van der Waals surface area (Å²) in [5.41, 5.74) is 3.71. The van der Waals surface area contributed by atoms with Crippen LogP contribution in [0.1, 0.15) is 27.0 Å². The molecule has 0 unspecified atom stereocenters. The largest absolute Gasteiger partial charge is 0.334 e. The highest BCUT2D eigenvalue weighted by Gasteiger charge is 2.24. The van der Waals surface area contributed by atoms with E-state index in [4.69, 9.17) is 0 Å². The van der Waals surface area contributed by atoms with Gasteiger partial charge >= 0.3 is 0 Å². The zero-order chi connectivity index (χ0) is 18.2. The van der Waals surface area contributed by atoms with E-state index in [0.717, 1.165) is 23.1 Å². The van der Waals surface area contributed by atoms with Crippen molar-refractivity contribution in [2.24, 2.45) is 0 Å². The van der Waals surface area contributed by atoms with Crippen LogP contribution < -0.4 is 0 Å². The molecule has 25 heavy (non-hydrogen) atoms. The minimum atomic E-state index is -3.48. The van der Waals surface area contributed by atoms with Gasteiger partial charge in [0.05, 0.1) is 4.90 Å². The third-order valence-electron chi connectivity index (χ3n) is 4.52. The molecule has 0 saturated carbocycles. The highest BCUT2D eigenvalue weighted by atomic mass is 32.2. The molecule has 1 aliphatic rings. The second-order valence-corrected chi connectivity index (χ2v) is 8.72. The van der Waals surface area contributed by atoms with Crippen LogP contribution in [0.25, 0.3) is 0 Å². The maximum atomic E-state index is 12.8. The first kappa shape index (κ1) is 17.6. The first-order valence-electron chi connectivity index (χ1n) is 8.19. The highest BCUT2D eigenvalue weighted by Crippen LogP contribution is 2.25. The first-order chi connectivity index (χ1) is 11.8. The molecule has 0 aliphatic carbocycles. The van der Waals surface area contributed by atoms with Gasteiger partial charge in [0.1, 0.15) is 0 Å². The lowest BCUT2D eigenvalue weighted by Crippen LogP contribution is -2.36. The summed E-state index contributed by atoms with van der Waals surface area (Å²) in [5, 5.41) is 0. The molecule has 0 atom stereocenters. The van der Waals surface area contributed by atoms with E-state index in [1.807, 2.05) is 37.3 Å². The summed E-state index contributed by atoms with van der Waals surface area (Å²) >= 11 is 0. The third-order valence-corrected chi connectivity index (χ3v) is 6.33. The maximum absolute atomic E-state index is 12.8. The van der Waals surface area contributed by atoms with Crippen molar-refractivity contribution in [3.8, 4) is 0 Å². The molecule has 132 valence electrons. The van der Waals surface area contributed by atoms with E-state index in [1.54, 1.807) is 17.0 Å². The average molecular weight is 358 g/mol. The standard InChI is InChI=1S/C19H22N2O3S/c1-14-5-4-6-16(11-14)19(22)21-10-9-15-7-8-18(12-17(15)13-21)25(23,24)20(2)3/h4-8,11-12H,9-10,13H2,1-3H3. The van der Waals surface area contributed by atoms with E-state index >= 15 is 0 Å². The van der Waals surface area contributed by atoms with Crippen molar-refractivity contribution in [1.29, 1.82) is 0 Å². The summed E-state index contributed by atoms with van der Waals surface area (Å²) in [5.74, 6) is -0.0183. The van der Waals surface area contributed by atoms with Gasteiger partial charge < -0.3 is 4.90 Å². The van der Waals surface area contributed by atoms with Crippen molar-refractivity contribution in [2.75, 3.05) is 20.6 Å². The van der Waals surface area contributed by atoms with Gasteiger partial charge in [-0.25, -0.2) is 12.7 Å². The van der Waals surface area contributed by atoms with Gasteiger partial charge in [0.2, 0.25) is 10.0 Å². The molecule has 2 aromatic carbocycles. The Bertz CT molecular complexity index is 920. The van der Waals surface area contributed by atoms with Crippen LogP contribution in [0.4, 0.5) is 0 Å². The molecule has 3 rings (SSSR count). The number of sulfonamides is 1. The Morgan fingerprint density at radius 2 is 1.84 bits per heavy atom. The predicted octanol–water partition coefficient (Wildman–Crippen LogP) is 2.44. The number of carbonyl (C=O) groups excluding carboxylic acids is 1. The Hall–Kier alpha value is -2.18. The summed E-state index contributed by atoms with van der Waals surface area (Å²) in [4.78, 5) is 14.8. The van der Waals surface area contributed by atoms with E-state index in [-0.39, 0.29) is 10.8 Å². The van der Waals surface area contributed by atoms with Crippen LogP contribution in [0.3, 0.4) is 0 Å². The number of benzene rings is 2. The van der Waals surface area contributed by atoms with Crippen molar-refractivity contribution in [3.05, 3.63) is 64.7 Å². The molecule has 0 N–H and O–H groups in total. The van der Waals surface area contributed by atoms with Gasteiger partial charge in [-0.15, -0.1) is 0 Å². The maximum Gasteiger partial charge on any atom is 0.254 e. The van der Waals surface area contributed by atoms with Crippen molar-refractivity contribution in [2.45, 2.75) is 24.8 Å². The molecule has 0 bridgehead atoms. The molecule has 6 heteroatoms. The third kappa shape index (κ3) is 3.45. The monoisotopic (exact) mass is 358 g/mol. The molecule has 5 nitrogen and oxygen atoms in total. The van der Waals surface area contributed by atoms with Crippen LogP contribution in [0.15, 0.2) is 47.4 Å². The van der Waals surface area contributed by atoms with Crippen LogP contribution in [-0.4, -0.2) is 44.2 Å². The average Bonchev–Trinajstić information content (AvgIpc) is 2.60. The summed E-state index contributed by atoms with van der Waals surface area (Å²) in [6.07, 6.45) is 0.731. The second kappa shape index (κ2) is 6.61. The van der Waals surface area contributed by atoms with Crippen LogP contribution in [0.2, 0.25) is 0 Å². The molecule has 1 amide bonds. The summed E-state index contributed by atoms with van der Waals surface area (Å²) < 4.78 is 25.9. The minimum absolute atomic E-state index is 0.0183. The van der Waals surface area contributed by atoms with Crippen LogP contribution in [-0.2, 0) is 23.0 Å². The lowest BCUT2D eigenvalue weighted by molar-refractivity contribution is 0.0734. The zero-order valence-electron chi connectivity index (χ0n) is 14.7. The van der Waals surface area contributed by atoms with E-state index in [2.05, 4.69) is 0 Å².